The zero-order chi connectivity index (χ0) is 25.9. The van der Waals surface area contributed by atoms with Crippen LogP contribution in [0.3, 0.4) is 0 Å². The van der Waals surface area contributed by atoms with Crippen LogP contribution in [0.1, 0.15) is 48.6 Å². The highest BCUT2D eigenvalue weighted by Gasteiger charge is 2.15. The molecule has 0 aromatic heterocycles. The summed E-state index contributed by atoms with van der Waals surface area (Å²) in [4.78, 5) is 5.24. The van der Waals surface area contributed by atoms with Gasteiger partial charge >= 0.3 is 0 Å². The minimum atomic E-state index is 0.117. The summed E-state index contributed by atoms with van der Waals surface area (Å²) in [6.07, 6.45) is 0.855. The number of hydrogen-bond donors (Lipinski definition) is 1. The largest absolute Gasteiger partial charge is 0.378 e. The minimum Gasteiger partial charge on any atom is -0.378 e. The van der Waals surface area contributed by atoms with Crippen LogP contribution < -0.4 is 5.32 Å². The van der Waals surface area contributed by atoms with Gasteiger partial charge in [-0.15, -0.1) is 6.58 Å². The smallest absolute Gasteiger partial charge is 0.0665 e. The van der Waals surface area contributed by atoms with Gasteiger partial charge in [-0.3, -0.25) is 4.99 Å². The number of nitrogens with one attached hydrogen (secondary N) is 1. The van der Waals surface area contributed by atoms with Gasteiger partial charge in [-0.05, 0) is 90.6 Å². The van der Waals surface area contributed by atoms with Crippen molar-refractivity contribution < 1.29 is 0 Å². The first-order valence-electron chi connectivity index (χ1n) is 12.9. The molecule has 184 valence electrons. The Labute approximate surface area is 220 Å². The van der Waals surface area contributed by atoms with Crippen LogP contribution in [-0.4, -0.2) is 5.71 Å². The summed E-state index contributed by atoms with van der Waals surface area (Å²) in [5.41, 5.74) is 9.15. The van der Waals surface area contributed by atoms with Crippen molar-refractivity contribution in [3.05, 3.63) is 131 Å². The maximum absolute atomic E-state index is 5.24. The van der Waals surface area contributed by atoms with Gasteiger partial charge in [-0.2, -0.15) is 0 Å². The standard InChI is InChI=1S/C35H34N2/c1-23(2)20-34(37-32-17-11-6-12-24(32)3)29-19-18-25(4)33(22-29)36-26(5)35-30-15-9-7-13-27(30)21-28-14-8-10-16-31(28)35/h6-19,21-22,34,37H,1,20H2,2-5H3. The number of benzene rings is 5. The fourth-order valence-electron chi connectivity index (χ4n) is 5.13. The number of nitrogens with zero attached hydrogens (tertiary/aromatic N) is 1. The summed E-state index contributed by atoms with van der Waals surface area (Å²) in [5, 5.41) is 8.71. The van der Waals surface area contributed by atoms with E-state index < -0.39 is 0 Å². The Morgan fingerprint density at radius 3 is 2.03 bits per heavy atom. The predicted octanol–water partition coefficient (Wildman–Crippen LogP) is 9.87. The van der Waals surface area contributed by atoms with Crippen LogP contribution in [0.15, 0.2) is 114 Å². The third-order valence-corrected chi connectivity index (χ3v) is 7.08. The summed E-state index contributed by atoms with van der Waals surface area (Å²) in [5.74, 6) is 0. The lowest BCUT2D eigenvalue weighted by Gasteiger charge is -2.23. The van der Waals surface area contributed by atoms with Crippen molar-refractivity contribution in [2.45, 2.75) is 40.2 Å². The molecule has 2 nitrogen and oxygen atoms in total. The van der Waals surface area contributed by atoms with Crippen molar-refractivity contribution in [3.63, 3.8) is 0 Å². The number of fused-ring (bicyclic) bond motifs is 2. The lowest BCUT2D eigenvalue weighted by atomic mass is 9.94. The molecule has 1 unspecified atom stereocenters. The number of rotatable bonds is 7. The van der Waals surface area contributed by atoms with E-state index in [4.69, 9.17) is 4.99 Å². The summed E-state index contributed by atoms with van der Waals surface area (Å²) in [6, 6.07) is 34.7. The second-order valence-electron chi connectivity index (χ2n) is 10.1. The molecule has 5 aromatic rings. The molecular formula is C35H34N2. The molecule has 37 heavy (non-hydrogen) atoms. The predicted molar refractivity (Wildman–Crippen MR) is 161 cm³/mol. The normalized spacial score (nSPS) is 12.6. The van der Waals surface area contributed by atoms with E-state index in [0.717, 1.165) is 34.6 Å². The third-order valence-electron chi connectivity index (χ3n) is 7.08. The third kappa shape index (κ3) is 5.20. The van der Waals surface area contributed by atoms with Crippen molar-refractivity contribution in [1.82, 2.24) is 0 Å². The summed E-state index contributed by atoms with van der Waals surface area (Å²) >= 11 is 0. The average molecular weight is 483 g/mol. The van der Waals surface area contributed by atoms with Crippen LogP contribution in [0.2, 0.25) is 0 Å². The number of hydrogen-bond acceptors (Lipinski definition) is 2. The molecule has 0 saturated carbocycles. The van der Waals surface area contributed by atoms with E-state index >= 15 is 0 Å². The molecule has 1 atom stereocenters. The highest BCUT2D eigenvalue weighted by atomic mass is 14.9. The summed E-state index contributed by atoms with van der Waals surface area (Å²) in [6.45, 7) is 12.7. The van der Waals surface area contributed by atoms with E-state index in [0.29, 0.717) is 0 Å². The van der Waals surface area contributed by atoms with E-state index in [1.165, 1.54) is 38.2 Å². The number of aryl methyl sites for hydroxylation is 2. The van der Waals surface area contributed by atoms with Crippen LogP contribution in [0.5, 0.6) is 0 Å². The molecule has 2 heteroatoms. The molecule has 0 spiro atoms. The van der Waals surface area contributed by atoms with Gasteiger partial charge in [0.15, 0.2) is 0 Å². The monoisotopic (exact) mass is 482 g/mol. The van der Waals surface area contributed by atoms with Crippen molar-refractivity contribution in [3.8, 4) is 0 Å². The van der Waals surface area contributed by atoms with Gasteiger partial charge < -0.3 is 5.32 Å². The molecule has 5 aromatic carbocycles. The first-order valence-corrected chi connectivity index (χ1v) is 12.9. The van der Waals surface area contributed by atoms with Crippen molar-refractivity contribution >= 4 is 38.6 Å². The second kappa shape index (κ2) is 10.4. The SMILES string of the molecule is C=C(C)CC(Nc1ccccc1C)c1ccc(C)c(N=C(C)c2c3ccccc3cc3ccccc23)c1. The average Bonchev–Trinajstić information content (AvgIpc) is 2.89. The van der Waals surface area contributed by atoms with E-state index in [1.54, 1.807) is 0 Å². The summed E-state index contributed by atoms with van der Waals surface area (Å²) in [7, 11) is 0. The second-order valence-corrected chi connectivity index (χ2v) is 10.1. The lowest BCUT2D eigenvalue weighted by molar-refractivity contribution is 0.768. The van der Waals surface area contributed by atoms with Crippen molar-refractivity contribution in [1.29, 1.82) is 0 Å². The molecule has 0 aliphatic carbocycles. The fourth-order valence-corrected chi connectivity index (χ4v) is 5.13. The Morgan fingerprint density at radius 2 is 1.38 bits per heavy atom. The maximum Gasteiger partial charge on any atom is 0.0665 e. The minimum absolute atomic E-state index is 0.117. The Balaban J connectivity index is 1.60. The Bertz CT molecular complexity index is 1590. The van der Waals surface area contributed by atoms with Crippen molar-refractivity contribution in [2.24, 2.45) is 4.99 Å². The van der Waals surface area contributed by atoms with Gasteiger partial charge in [-0.25, -0.2) is 0 Å². The first kappa shape index (κ1) is 24.5. The van der Waals surface area contributed by atoms with E-state index in [1.807, 2.05) is 0 Å². The van der Waals surface area contributed by atoms with Gasteiger partial charge in [-0.1, -0.05) is 84.4 Å². The van der Waals surface area contributed by atoms with Gasteiger partial charge in [0.05, 0.1) is 11.7 Å². The Morgan fingerprint density at radius 1 is 0.757 bits per heavy atom. The molecule has 0 heterocycles. The quantitative estimate of drug-likeness (QED) is 0.139. The highest BCUT2D eigenvalue weighted by Crippen LogP contribution is 2.33. The molecular weight excluding hydrogens is 448 g/mol. The van der Waals surface area contributed by atoms with Gasteiger partial charge in [0.2, 0.25) is 0 Å². The number of anilines is 1. The molecule has 0 fully saturated rings. The topological polar surface area (TPSA) is 24.4 Å². The molecule has 1 N–H and O–H groups in total. The fraction of sp³-hybridized carbons (Fsp3) is 0.171. The van der Waals surface area contributed by atoms with Crippen molar-refractivity contribution in [2.75, 3.05) is 5.32 Å². The molecule has 0 radical (unpaired) electrons. The van der Waals surface area contributed by atoms with E-state index in [9.17, 15) is 0 Å². The maximum atomic E-state index is 5.24. The highest BCUT2D eigenvalue weighted by molar-refractivity contribution is 6.20. The van der Waals surface area contributed by atoms with Crippen LogP contribution in [0, 0.1) is 13.8 Å². The molecule has 0 aliphatic rings. The molecule has 5 rings (SSSR count). The summed E-state index contributed by atoms with van der Waals surface area (Å²) < 4.78 is 0. The molecule has 0 aliphatic heterocycles. The molecule has 0 amide bonds. The van der Waals surface area contributed by atoms with Gasteiger partial charge in [0.25, 0.3) is 0 Å². The lowest BCUT2D eigenvalue weighted by Crippen LogP contribution is -2.12. The zero-order valence-electron chi connectivity index (χ0n) is 22.2. The van der Waals surface area contributed by atoms with E-state index in [-0.39, 0.29) is 6.04 Å². The van der Waals surface area contributed by atoms with Crippen LogP contribution in [-0.2, 0) is 0 Å². The number of aliphatic imine (C=N–C) groups is 1. The zero-order valence-corrected chi connectivity index (χ0v) is 22.2. The molecule has 0 bridgehead atoms. The van der Waals surface area contributed by atoms with E-state index in [2.05, 4.69) is 137 Å². The molecule has 0 saturated heterocycles. The van der Waals surface area contributed by atoms with Crippen LogP contribution in [0.4, 0.5) is 11.4 Å². The first-order chi connectivity index (χ1) is 17.9. The number of para-hydroxylation sites is 1. The van der Waals surface area contributed by atoms with Gasteiger partial charge in [0, 0.05) is 17.0 Å². The van der Waals surface area contributed by atoms with Crippen LogP contribution >= 0.6 is 0 Å². The van der Waals surface area contributed by atoms with Crippen LogP contribution in [0.25, 0.3) is 21.5 Å². The Hall–Kier alpha value is -4.17. The Kier molecular flexibility index (Phi) is 6.92. The van der Waals surface area contributed by atoms with Gasteiger partial charge in [0.1, 0.15) is 0 Å².